The molecule has 38 heavy (non-hydrogen) atoms. The van der Waals surface area contributed by atoms with Gasteiger partial charge >= 0.3 is 6.03 Å². The lowest BCUT2D eigenvalue weighted by atomic mass is 10.2. The first kappa shape index (κ1) is 24.9. The molecule has 4 aromatic rings. The van der Waals surface area contributed by atoms with Gasteiger partial charge in [-0.3, -0.25) is 0 Å². The number of benzene rings is 3. The largest absolute Gasteiger partial charge is 0.493 e. The van der Waals surface area contributed by atoms with Gasteiger partial charge in [-0.05, 0) is 42.5 Å². The summed E-state index contributed by atoms with van der Waals surface area (Å²) in [5.74, 6) is 3.48. The molecular formula is C29H29N5O4. The smallest absolute Gasteiger partial charge is 0.321 e. The first-order valence-corrected chi connectivity index (χ1v) is 12.3. The molecule has 0 spiro atoms. The fourth-order valence-corrected chi connectivity index (χ4v) is 4.28. The van der Waals surface area contributed by atoms with Crippen molar-refractivity contribution in [3.8, 4) is 23.0 Å². The Morgan fingerprint density at radius 3 is 2.42 bits per heavy atom. The number of carbonyl (C=O) groups excluding carboxylic acids is 1. The maximum atomic E-state index is 12.9. The van der Waals surface area contributed by atoms with E-state index in [2.05, 4.69) is 26.8 Å². The van der Waals surface area contributed by atoms with Crippen molar-refractivity contribution in [3.63, 3.8) is 0 Å². The first-order chi connectivity index (χ1) is 18.6. The second kappa shape index (κ2) is 11.5. The van der Waals surface area contributed by atoms with E-state index in [-0.39, 0.29) is 6.03 Å². The van der Waals surface area contributed by atoms with Crippen molar-refractivity contribution < 1.29 is 19.0 Å². The summed E-state index contributed by atoms with van der Waals surface area (Å²) < 4.78 is 17.1. The SMILES string of the molecule is C=CCOc1cc2c(N3CCN(C(=O)Nc4ccc(Oc5ccccc5)cc4)CC3)ncnc2cc1OC. The Morgan fingerprint density at radius 1 is 0.974 bits per heavy atom. The topological polar surface area (TPSA) is 89.1 Å². The van der Waals surface area contributed by atoms with E-state index < -0.39 is 0 Å². The molecule has 0 atom stereocenters. The molecule has 9 nitrogen and oxygen atoms in total. The molecule has 0 saturated carbocycles. The Kier molecular flexibility index (Phi) is 7.54. The average Bonchev–Trinajstić information content (AvgIpc) is 2.97. The fourth-order valence-electron chi connectivity index (χ4n) is 4.28. The van der Waals surface area contributed by atoms with Crippen LogP contribution in [0.3, 0.4) is 0 Å². The highest BCUT2D eigenvalue weighted by Crippen LogP contribution is 2.35. The summed E-state index contributed by atoms with van der Waals surface area (Å²) in [5.41, 5.74) is 1.47. The molecule has 9 heteroatoms. The minimum atomic E-state index is -0.140. The Labute approximate surface area is 221 Å². The Hall–Kier alpha value is -4.79. The van der Waals surface area contributed by atoms with Gasteiger partial charge in [0.2, 0.25) is 0 Å². The molecule has 0 radical (unpaired) electrons. The Morgan fingerprint density at radius 2 is 1.71 bits per heavy atom. The number of nitrogens with zero attached hydrogens (tertiary/aromatic N) is 4. The van der Waals surface area contributed by atoms with Gasteiger partial charge in [-0.25, -0.2) is 14.8 Å². The molecule has 2 heterocycles. The number of hydrogen-bond acceptors (Lipinski definition) is 7. The zero-order chi connectivity index (χ0) is 26.3. The summed E-state index contributed by atoms with van der Waals surface area (Å²) in [5, 5.41) is 3.84. The van der Waals surface area contributed by atoms with Gasteiger partial charge < -0.3 is 29.3 Å². The van der Waals surface area contributed by atoms with E-state index in [9.17, 15) is 4.79 Å². The van der Waals surface area contributed by atoms with Gasteiger partial charge in [-0.1, -0.05) is 30.9 Å². The number of urea groups is 1. The number of anilines is 2. The standard InChI is InChI=1S/C29H29N5O4/c1-3-17-37-27-18-24-25(19-26(27)36-2)30-20-31-28(24)33-13-15-34(16-14-33)29(35)32-21-9-11-23(12-10-21)38-22-7-5-4-6-8-22/h3-12,18-20H,1,13-17H2,2H3,(H,32,35). The van der Waals surface area contributed by atoms with Crippen LogP contribution in [0.5, 0.6) is 23.0 Å². The number of methoxy groups -OCH3 is 1. The van der Waals surface area contributed by atoms with Crippen LogP contribution in [0, 0.1) is 0 Å². The number of para-hydroxylation sites is 1. The van der Waals surface area contributed by atoms with Crippen molar-refractivity contribution in [1.82, 2.24) is 14.9 Å². The summed E-state index contributed by atoms with van der Waals surface area (Å²) in [7, 11) is 1.60. The Bertz CT molecular complexity index is 1400. The van der Waals surface area contributed by atoms with Crippen LogP contribution in [0.2, 0.25) is 0 Å². The van der Waals surface area contributed by atoms with Crippen molar-refractivity contribution >= 4 is 28.4 Å². The van der Waals surface area contributed by atoms with Crippen LogP contribution in [0.25, 0.3) is 10.9 Å². The van der Waals surface area contributed by atoms with E-state index in [1.165, 1.54) is 0 Å². The summed E-state index contributed by atoms with van der Waals surface area (Å²) in [6.45, 7) is 6.46. The van der Waals surface area contributed by atoms with Gasteiger partial charge in [-0.15, -0.1) is 0 Å². The average molecular weight is 512 g/mol. The molecule has 194 valence electrons. The number of fused-ring (bicyclic) bond motifs is 1. The van der Waals surface area contributed by atoms with Crippen molar-refractivity contribution in [2.24, 2.45) is 0 Å². The molecule has 2 amide bonds. The summed E-state index contributed by atoms with van der Waals surface area (Å²) in [6.07, 6.45) is 3.23. The molecule has 1 saturated heterocycles. The zero-order valence-corrected chi connectivity index (χ0v) is 21.2. The second-order valence-corrected chi connectivity index (χ2v) is 8.66. The van der Waals surface area contributed by atoms with Crippen LogP contribution < -0.4 is 24.4 Å². The summed E-state index contributed by atoms with van der Waals surface area (Å²) >= 11 is 0. The predicted octanol–water partition coefficient (Wildman–Crippen LogP) is 5.35. The molecule has 1 N–H and O–H groups in total. The lowest BCUT2D eigenvalue weighted by Gasteiger charge is -2.35. The fraction of sp³-hybridized carbons (Fsp3) is 0.207. The van der Waals surface area contributed by atoms with Gasteiger partial charge in [0.15, 0.2) is 11.5 Å². The normalized spacial score (nSPS) is 13.2. The third-order valence-electron chi connectivity index (χ3n) is 6.21. The maximum absolute atomic E-state index is 12.9. The molecular weight excluding hydrogens is 482 g/mol. The zero-order valence-electron chi connectivity index (χ0n) is 21.2. The number of ether oxygens (including phenoxy) is 3. The first-order valence-electron chi connectivity index (χ1n) is 12.3. The number of piperazine rings is 1. The number of nitrogens with one attached hydrogen (secondary N) is 1. The number of aromatic nitrogens is 2. The van der Waals surface area contributed by atoms with Crippen LogP contribution in [0.15, 0.2) is 85.7 Å². The highest BCUT2D eigenvalue weighted by Gasteiger charge is 2.24. The van der Waals surface area contributed by atoms with E-state index in [4.69, 9.17) is 14.2 Å². The molecule has 0 bridgehead atoms. The van der Waals surface area contributed by atoms with E-state index in [1.54, 1.807) is 24.4 Å². The van der Waals surface area contributed by atoms with E-state index in [0.29, 0.717) is 55.7 Å². The quantitative estimate of drug-likeness (QED) is 0.319. The van der Waals surface area contributed by atoms with Crippen LogP contribution >= 0.6 is 0 Å². The maximum Gasteiger partial charge on any atom is 0.321 e. The lowest BCUT2D eigenvalue weighted by molar-refractivity contribution is 0.208. The minimum absolute atomic E-state index is 0.140. The third kappa shape index (κ3) is 5.62. The van der Waals surface area contributed by atoms with Gasteiger partial charge in [0.1, 0.15) is 30.3 Å². The second-order valence-electron chi connectivity index (χ2n) is 8.66. The van der Waals surface area contributed by atoms with Crippen LogP contribution in [0.1, 0.15) is 0 Å². The third-order valence-corrected chi connectivity index (χ3v) is 6.21. The monoisotopic (exact) mass is 511 g/mol. The summed E-state index contributed by atoms with van der Waals surface area (Å²) in [4.78, 5) is 25.8. The Balaban J connectivity index is 1.22. The van der Waals surface area contributed by atoms with Crippen LogP contribution in [-0.4, -0.2) is 60.8 Å². The van der Waals surface area contributed by atoms with E-state index in [0.717, 1.165) is 22.5 Å². The van der Waals surface area contributed by atoms with Crippen molar-refractivity contribution in [1.29, 1.82) is 0 Å². The highest BCUT2D eigenvalue weighted by atomic mass is 16.5. The van der Waals surface area contributed by atoms with E-state index >= 15 is 0 Å². The number of carbonyl (C=O) groups is 1. The number of hydrogen-bond donors (Lipinski definition) is 1. The predicted molar refractivity (Wildman–Crippen MR) is 148 cm³/mol. The molecule has 1 fully saturated rings. The molecule has 3 aromatic carbocycles. The highest BCUT2D eigenvalue weighted by molar-refractivity contribution is 5.92. The summed E-state index contributed by atoms with van der Waals surface area (Å²) in [6, 6.07) is 20.5. The molecule has 1 aliphatic rings. The molecule has 0 aliphatic carbocycles. The van der Waals surface area contributed by atoms with Crippen molar-refractivity contribution in [2.75, 3.05) is 50.1 Å². The van der Waals surface area contributed by atoms with Gasteiger partial charge in [0.25, 0.3) is 0 Å². The molecule has 1 aromatic heterocycles. The van der Waals surface area contributed by atoms with E-state index in [1.807, 2.05) is 66.7 Å². The lowest BCUT2D eigenvalue weighted by Crippen LogP contribution is -2.50. The molecule has 5 rings (SSSR count). The van der Waals surface area contributed by atoms with Crippen molar-refractivity contribution in [3.05, 3.63) is 85.7 Å². The molecule has 1 aliphatic heterocycles. The van der Waals surface area contributed by atoms with Crippen molar-refractivity contribution in [2.45, 2.75) is 0 Å². The van der Waals surface area contributed by atoms with Gasteiger partial charge in [0.05, 0.1) is 12.6 Å². The van der Waals surface area contributed by atoms with Crippen LogP contribution in [0.4, 0.5) is 16.3 Å². The number of rotatable bonds is 8. The minimum Gasteiger partial charge on any atom is -0.493 e. The molecule has 0 unspecified atom stereocenters. The van der Waals surface area contributed by atoms with Crippen LogP contribution in [-0.2, 0) is 0 Å². The van der Waals surface area contributed by atoms with Gasteiger partial charge in [-0.2, -0.15) is 0 Å². The van der Waals surface area contributed by atoms with Gasteiger partial charge in [0, 0.05) is 43.3 Å². The number of amides is 2.